The van der Waals surface area contributed by atoms with Crippen molar-refractivity contribution >= 4 is 5.97 Å². The van der Waals surface area contributed by atoms with Gasteiger partial charge in [-0.25, -0.2) is 4.79 Å². The van der Waals surface area contributed by atoms with E-state index in [0.717, 1.165) is 5.56 Å². The molecule has 0 aliphatic carbocycles. The summed E-state index contributed by atoms with van der Waals surface area (Å²) in [5.74, 6) is 0.728. The van der Waals surface area contributed by atoms with Gasteiger partial charge in [0.15, 0.2) is 18.1 Å². The molecule has 0 heterocycles. The molecule has 0 fully saturated rings. The lowest BCUT2D eigenvalue weighted by Crippen LogP contribution is -2.13. The first-order valence-corrected chi connectivity index (χ1v) is 4.51. The smallest absolute Gasteiger partial charge is 0.343 e. The van der Waals surface area contributed by atoms with Gasteiger partial charge in [0.25, 0.3) is 0 Å². The van der Waals surface area contributed by atoms with Crippen LogP contribution in [0.15, 0.2) is 18.2 Å². The van der Waals surface area contributed by atoms with Crippen molar-refractivity contribution in [3.8, 4) is 11.5 Å². The Bertz CT molecular complexity index is 346. The summed E-state index contributed by atoms with van der Waals surface area (Å²) in [5, 5.41) is 0. The van der Waals surface area contributed by atoms with Crippen LogP contribution in [0.3, 0.4) is 0 Å². The van der Waals surface area contributed by atoms with Crippen LogP contribution in [0.5, 0.6) is 11.5 Å². The van der Waals surface area contributed by atoms with Crippen molar-refractivity contribution in [2.24, 2.45) is 0 Å². The van der Waals surface area contributed by atoms with Gasteiger partial charge in [-0.05, 0) is 24.6 Å². The highest BCUT2D eigenvalue weighted by Crippen LogP contribution is 2.27. The molecule has 0 unspecified atom stereocenters. The van der Waals surface area contributed by atoms with Gasteiger partial charge in [-0.2, -0.15) is 0 Å². The molecule has 15 heavy (non-hydrogen) atoms. The van der Waals surface area contributed by atoms with Crippen LogP contribution in [0, 0.1) is 6.92 Å². The lowest BCUT2D eigenvalue weighted by atomic mass is 10.2. The summed E-state index contributed by atoms with van der Waals surface area (Å²) < 4.78 is 14.8. The number of hydrogen-bond acceptors (Lipinski definition) is 4. The number of benzene rings is 1. The first-order chi connectivity index (χ1) is 7.17. The molecule has 0 bridgehead atoms. The second-order valence-electron chi connectivity index (χ2n) is 3.02. The number of aryl methyl sites for hydroxylation is 1. The molecule has 0 aliphatic heterocycles. The van der Waals surface area contributed by atoms with E-state index in [9.17, 15) is 4.79 Å². The first kappa shape index (κ1) is 11.4. The fourth-order valence-corrected chi connectivity index (χ4v) is 1.09. The summed E-state index contributed by atoms with van der Waals surface area (Å²) in [4.78, 5) is 10.9. The molecule has 1 rings (SSSR count). The molecule has 0 aliphatic rings. The Kier molecular flexibility index (Phi) is 3.97. The van der Waals surface area contributed by atoms with Crippen LogP contribution in [0.1, 0.15) is 5.56 Å². The number of methoxy groups -OCH3 is 2. The summed E-state index contributed by atoms with van der Waals surface area (Å²) in [6.45, 7) is 1.82. The summed E-state index contributed by atoms with van der Waals surface area (Å²) in [6.07, 6.45) is 0. The van der Waals surface area contributed by atoms with Crippen LogP contribution < -0.4 is 9.47 Å². The molecular weight excluding hydrogens is 196 g/mol. The van der Waals surface area contributed by atoms with Crippen molar-refractivity contribution in [1.82, 2.24) is 0 Å². The van der Waals surface area contributed by atoms with Gasteiger partial charge in [0.05, 0.1) is 14.2 Å². The first-order valence-electron chi connectivity index (χ1n) is 4.51. The quantitative estimate of drug-likeness (QED) is 0.707. The van der Waals surface area contributed by atoms with E-state index in [4.69, 9.17) is 9.47 Å². The topological polar surface area (TPSA) is 44.8 Å². The maximum atomic E-state index is 10.9. The van der Waals surface area contributed by atoms with E-state index in [1.54, 1.807) is 13.2 Å². The van der Waals surface area contributed by atoms with Gasteiger partial charge in [0.2, 0.25) is 0 Å². The lowest BCUT2D eigenvalue weighted by Gasteiger charge is -2.10. The normalized spacial score (nSPS) is 9.53. The fraction of sp³-hybridized carbons (Fsp3) is 0.364. The molecule has 0 N–H and O–H groups in total. The van der Waals surface area contributed by atoms with Crippen molar-refractivity contribution in [2.45, 2.75) is 6.92 Å². The van der Waals surface area contributed by atoms with E-state index in [1.165, 1.54) is 7.11 Å². The third-order valence-corrected chi connectivity index (χ3v) is 1.89. The van der Waals surface area contributed by atoms with Crippen LogP contribution in [0.25, 0.3) is 0 Å². The van der Waals surface area contributed by atoms with Crippen molar-refractivity contribution in [1.29, 1.82) is 0 Å². The summed E-state index contributed by atoms with van der Waals surface area (Å²) in [7, 11) is 2.87. The molecule has 4 nitrogen and oxygen atoms in total. The van der Waals surface area contributed by atoms with Crippen molar-refractivity contribution in [3.05, 3.63) is 23.8 Å². The average Bonchev–Trinajstić information content (AvgIpc) is 2.26. The Morgan fingerprint density at radius 2 is 2.00 bits per heavy atom. The number of carbonyl (C=O) groups is 1. The average molecular weight is 210 g/mol. The largest absolute Gasteiger partial charge is 0.493 e. The van der Waals surface area contributed by atoms with Crippen molar-refractivity contribution in [2.75, 3.05) is 20.8 Å². The predicted molar refractivity (Wildman–Crippen MR) is 55.2 cm³/mol. The van der Waals surface area contributed by atoms with Crippen LogP contribution >= 0.6 is 0 Å². The molecule has 0 amide bonds. The van der Waals surface area contributed by atoms with E-state index in [1.807, 2.05) is 19.1 Å². The standard InChI is InChI=1S/C11H14O4/c1-8-4-5-9(13-2)10(6-8)15-7-11(12)14-3/h4-6H,7H2,1-3H3. The molecule has 0 radical (unpaired) electrons. The van der Waals surface area contributed by atoms with Crippen molar-refractivity contribution < 1.29 is 19.0 Å². The second kappa shape index (κ2) is 5.24. The minimum absolute atomic E-state index is 0.115. The number of rotatable bonds is 4. The van der Waals surface area contributed by atoms with Gasteiger partial charge < -0.3 is 14.2 Å². The van der Waals surface area contributed by atoms with E-state index in [2.05, 4.69) is 4.74 Å². The van der Waals surface area contributed by atoms with Gasteiger partial charge in [0, 0.05) is 0 Å². The number of hydrogen-bond donors (Lipinski definition) is 0. The van der Waals surface area contributed by atoms with Gasteiger partial charge in [0.1, 0.15) is 0 Å². The van der Waals surface area contributed by atoms with E-state index < -0.39 is 5.97 Å². The maximum Gasteiger partial charge on any atom is 0.343 e. The molecule has 82 valence electrons. The number of esters is 1. The zero-order valence-electron chi connectivity index (χ0n) is 9.07. The third-order valence-electron chi connectivity index (χ3n) is 1.89. The van der Waals surface area contributed by atoms with Crippen LogP contribution in [-0.2, 0) is 9.53 Å². The minimum atomic E-state index is -0.418. The molecule has 0 saturated heterocycles. The molecule has 0 atom stereocenters. The van der Waals surface area contributed by atoms with Gasteiger partial charge >= 0.3 is 5.97 Å². The summed E-state index contributed by atoms with van der Waals surface area (Å²) >= 11 is 0. The van der Waals surface area contributed by atoms with E-state index in [-0.39, 0.29) is 6.61 Å². The zero-order chi connectivity index (χ0) is 11.3. The summed E-state index contributed by atoms with van der Waals surface area (Å²) in [6, 6.07) is 5.51. The minimum Gasteiger partial charge on any atom is -0.493 e. The molecule has 1 aromatic carbocycles. The highest BCUT2D eigenvalue weighted by atomic mass is 16.6. The Labute approximate surface area is 88.8 Å². The Morgan fingerprint density at radius 3 is 2.60 bits per heavy atom. The number of carbonyl (C=O) groups excluding carboxylic acids is 1. The van der Waals surface area contributed by atoms with E-state index in [0.29, 0.717) is 11.5 Å². The zero-order valence-corrected chi connectivity index (χ0v) is 9.07. The SMILES string of the molecule is COC(=O)COc1cc(C)ccc1OC. The highest BCUT2D eigenvalue weighted by Gasteiger charge is 2.07. The maximum absolute atomic E-state index is 10.9. The molecule has 0 saturated carbocycles. The van der Waals surface area contributed by atoms with Gasteiger partial charge in [-0.15, -0.1) is 0 Å². The molecule has 4 heteroatoms. The summed E-state index contributed by atoms with van der Waals surface area (Å²) in [5.41, 5.74) is 1.04. The number of ether oxygens (including phenoxy) is 3. The van der Waals surface area contributed by atoms with Crippen LogP contribution in [0.4, 0.5) is 0 Å². The third kappa shape index (κ3) is 3.16. The monoisotopic (exact) mass is 210 g/mol. The van der Waals surface area contributed by atoms with E-state index >= 15 is 0 Å². The van der Waals surface area contributed by atoms with Crippen LogP contribution in [0.2, 0.25) is 0 Å². The Balaban J connectivity index is 2.74. The van der Waals surface area contributed by atoms with Gasteiger partial charge in [-0.1, -0.05) is 6.07 Å². The Hall–Kier alpha value is -1.71. The fourth-order valence-electron chi connectivity index (χ4n) is 1.09. The molecule has 0 aromatic heterocycles. The van der Waals surface area contributed by atoms with Gasteiger partial charge in [-0.3, -0.25) is 0 Å². The predicted octanol–water partition coefficient (Wildman–Crippen LogP) is 1.56. The molecule has 0 spiro atoms. The Morgan fingerprint density at radius 1 is 1.27 bits per heavy atom. The lowest BCUT2D eigenvalue weighted by molar-refractivity contribution is -0.142. The van der Waals surface area contributed by atoms with Crippen LogP contribution in [-0.4, -0.2) is 26.8 Å². The molecular formula is C11H14O4. The molecule has 1 aromatic rings. The van der Waals surface area contributed by atoms with Crippen molar-refractivity contribution in [3.63, 3.8) is 0 Å². The highest BCUT2D eigenvalue weighted by molar-refractivity contribution is 5.71. The second-order valence-corrected chi connectivity index (χ2v) is 3.02.